The van der Waals surface area contributed by atoms with Gasteiger partial charge in [0.1, 0.15) is 24.6 Å². The summed E-state index contributed by atoms with van der Waals surface area (Å²) in [4.78, 5) is 11.9. The number of rotatable bonds is 8. The van der Waals surface area contributed by atoms with Gasteiger partial charge in [0, 0.05) is 30.2 Å². The molecule has 2 heterocycles. The van der Waals surface area contributed by atoms with Gasteiger partial charge in [-0.05, 0) is 48.4 Å². The Kier molecular flexibility index (Phi) is 6.39. The van der Waals surface area contributed by atoms with Gasteiger partial charge in [-0.1, -0.05) is 36.4 Å². The van der Waals surface area contributed by atoms with E-state index in [9.17, 15) is 21.6 Å². The summed E-state index contributed by atoms with van der Waals surface area (Å²) in [6.45, 7) is 0.253. The maximum absolute atomic E-state index is 16.1. The fourth-order valence-corrected chi connectivity index (χ4v) is 8.08. The van der Waals surface area contributed by atoms with Gasteiger partial charge in [0.2, 0.25) is 10.0 Å². The van der Waals surface area contributed by atoms with E-state index in [2.05, 4.69) is 5.32 Å². The van der Waals surface area contributed by atoms with E-state index < -0.39 is 38.5 Å². The minimum atomic E-state index is -4.30. The number of anilines is 2. The molecule has 6 rings (SSSR count). The molecule has 2 saturated heterocycles. The molecule has 0 aromatic heterocycles. The highest BCUT2D eigenvalue weighted by molar-refractivity contribution is 7.92. The van der Waals surface area contributed by atoms with Crippen LogP contribution in [0.3, 0.4) is 0 Å². The van der Waals surface area contributed by atoms with E-state index in [0.717, 1.165) is 5.56 Å². The monoisotopic (exact) mass is 574 g/mol. The number of amides is 1. The molecule has 3 aromatic rings. The van der Waals surface area contributed by atoms with Gasteiger partial charge in [-0.15, -0.1) is 0 Å². The zero-order chi connectivity index (χ0) is 27.4. The number of halogens is 1. The number of carbonyl (C=O) groups excluding carboxylic acids is 1. The predicted molar refractivity (Wildman–Crippen MR) is 145 cm³/mol. The maximum Gasteiger partial charge on any atom is 0.326 e. The SMILES string of the molecule is O=C1CN(c2c(OCc3ccccc3)cc3ccc(NC4CCN(S(=O)(=O)C5CC5)C4)cc3c2F)S(=O)(=O)N1. The summed E-state index contributed by atoms with van der Waals surface area (Å²) in [5.74, 6) is -1.63. The van der Waals surface area contributed by atoms with Gasteiger partial charge in [0.25, 0.3) is 5.91 Å². The van der Waals surface area contributed by atoms with Gasteiger partial charge in [-0.25, -0.2) is 21.8 Å². The summed E-state index contributed by atoms with van der Waals surface area (Å²) in [6, 6.07) is 15.6. The fourth-order valence-electron chi connectivity index (χ4n) is 5.02. The highest BCUT2D eigenvalue weighted by Gasteiger charge is 2.43. The molecule has 10 nitrogen and oxygen atoms in total. The summed E-state index contributed by atoms with van der Waals surface area (Å²) in [5.41, 5.74) is 1.02. The van der Waals surface area contributed by atoms with Crippen LogP contribution in [0.4, 0.5) is 15.8 Å². The Balaban J connectivity index is 1.32. The number of hydrogen-bond acceptors (Lipinski definition) is 7. The zero-order valence-electron chi connectivity index (χ0n) is 20.8. The van der Waals surface area contributed by atoms with Gasteiger partial charge >= 0.3 is 10.2 Å². The van der Waals surface area contributed by atoms with Crippen molar-refractivity contribution in [2.45, 2.75) is 37.2 Å². The molecule has 1 unspecified atom stereocenters. The first kappa shape index (κ1) is 25.8. The van der Waals surface area contributed by atoms with Crippen LogP contribution in [0.15, 0.2) is 54.6 Å². The van der Waals surface area contributed by atoms with Crippen LogP contribution in [-0.2, 0) is 31.6 Å². The lowest BCUT2D eigenvalue weighted by Crippen LogP contribution is -2.33. The lowest BCUT2D eigenvalue weighted by atomic mass is 10.1. The highest BCUT2D eigenvalue weighted by Crippen LogP contribution is 2.40. The first-order valence-electron chi connectivity index (χ1n) is 12.6. The Bertz CT molecular complexity index is 1660. The van der Waals surface area contributed by atoms with Crippen molar-refractivity contribution in [3.63, 3.8) is 0 Å². The van der Waals surface area contributed by atoms with Crippen molar-refractivity contribution in [2.24, 2.45) is 0 Å². The molecule has 1 amide bonds. The van der Waals surface area contributed by atoms with Crippen molar-refractivity contribution in [2.75, 3.05) is 29.3 Å². The quantitative estimate of drug-likeness (QED) is 0.424. The zero-order valence-corrected chi connectivity index (χ0v) is 22.5. The molecule has 2 N–H and O–H groups in total. The first-order valence-corrected chi connectivity index (χ1v) is 15.6. The van der Waals surface area contributed by atoms with Crippen LogP contribution >= 0.6 is 0 Å². The summed E-state index contributed by atoms with van der Waals surface area (Å²) >= 11 is 0. The van der Waals surface area contributed by atoms with Gasteiger partial charge in [-0.3, -0.25) is 4.79 Å². The van der Waals surface area contributed by atoms with E-state index in [0.29, 0.717) is 47.7 Å². The third kappa shape index (κ3) is 5.01. The molecule has 0 bridgehead atoms. The number of ether oxygens (including phenoxy) is 1. The van der Waals surface area contributed by atoms with Crippen LogP contribution in [0.1, 0.15) is 24.8 Å². The molecule has 3 fully saturated rings. The van der Waals surface area contributed by atoms with Crippen LogP contribution < -0.4 is 19.1 Å². The third-order valence-corrected chi connectivity index (χ3v) is 10.9. The lowest BCUT2D eigenvalue weighted by Gasteiger charge is -2.22. The van der Waals surface area contributed by atoms with E-state index in [1.807, 2.05) is 35.1 Å². The van der Waals surface area contributed by atoms with Crippen molar-refractivity contribution in [1.82, 2.24) is 9.03 Å². The Morgan fingerprint density at radius 3 is 2.54 bits per heavy atom. The van der Waals surface area contributed by atoms with Crippen molar-refractivity contribution in [3.8, 4) is 5.75 Å². The van der Waals surface area contributed by atoms with Crippen LogP contribution in [0, 0.1) is 5.82 Å². The van der Waals surface area contributed by atoms with E-state index in [1.54, 1.807) is 24.3 Å². The summed E-state index contributed by atoms with van der Waals surface area (Å²) in [5, 5.41) is 3.63. The van der Waals surface area contributed by atoms with Crippen molar-refractivity contribution in [1.29, 1.82) is 0 Å². The molecule has 39 heavy (non-hydrogen) atoms. The summed E-state index contributed by atoms with van der Waals surface area (Å²) in [7, 11) is -7.57. The fraction of sp³-hybridized carbons (Fsp3) is 0.346. The van der Waals surface area contributed by atoms with Crippen LogP contribution in [0.25, 0.3) is 10.8 Å². The number of benzene rings is 3. The maximum atomic E-state index is 16.1. The first-order chi connectivity index (χ1) is 18.6. The molecule has 3 aromatic carbocycles. The smallest absolute Gasteiger partial charge is 0.326 e. The molecule has 1 aliphatic carbocycles. The second-order valence-electron chi connectivity index (χ2n) is 10.0. The average Bonchev–Trinajstić information content (AvgIpc) is 3.60. The van der Waals surface area contributed by atoms with Crippen molar-refractivity contribution in [3.05, 3.63) is 66.0 Å². The van der Waals surface area contributed by atoms with Crippen molar-refractivity contribution >= 4 is 48.3 Å². The summed E-state index contributed by atoms with van der Waals surface area (Å²) in [6.07, 6.45) is 2.02. The summed E-state index contributed by atoms with van der Waals surface area (Å²) < 4.78 is 76.6. The van der Waals surface area contributed by atoms with Gasteiger partial charge in [-0.2, -0.15) is 12.7 Å². The van der Waals surface area contributed by atoms with E-state index in [-0.39, 0.29) is 34.7 Å². The van der Waals surface area contributed by atoms with Crippen LogP contribution in [-0.4, -0.2) is 58.0 Å². The normalized spacial score (nSPS) is 21.3. The number of hydrogen-bond donors (Lipinski definition) is 2. The lowest BCUT2D eigenvalue weighted by molar-refractivity contribution is -0.117. The molecular weight excluding hydrogens is 547 g/mol. The van der Waals surface area contributed by atoms with E-state index >= 15 is 4.39 Å². The molecule has 3 aliphatic rings. The minimum absolute atomic E-state index is 0.0126. The number of carbonyl (C=O) groups is 1. The molecule has 1 saturated carbocycles. The van der Waals surface area contributed by atoms with Crippen LogP contribution in [0.2, 0.25) is 0 Å². The van der Waals surface area contributed by atoms with Crippen LogP contribution in [0.5, 0.6) is 5.75 Å². The second kappa shape index (κ2) is 9.65. The average molecular weight is 575 g/mol. The Labute approximate surface area is 226 Å². The van der Waals surface area contributed by atoms with E-state index in [1.165, 1.54) is 4.31 Å². The number of sulfonamides is 1. The largest absolute Gasteiger partial charge is 0.487 e. The topological polar surface area (TPSA) is 125 Å². The highest BCUT2D eigenvalue weighted by atomic mass is 32.2. The number of nitrogens with zero attached hydrogens (tertiary/aromatic N) is 2. The Hall–Kier alpha value is -3.42. The third-order valence-electron chi connectivity index (χ3n) is 7.15. The Morgan fingerprint density at radius 1 is 1.08 bits per heavy atom. The molecule has 2 aliphatic heterocycles. The van der Waals surface area contributed by atoms with Crippen molar-refractivity contribution < 1.29 is 30.8 Å². The van der Waals surface area contributed by atoms with E-state index in [4.69, 9.17) is 4.74 Å². The molecule has 13 heteroatoms. The minimum Gasteiger partial charge on any atom is -0.487 e. The molecule has 0 radical (unpaired) electrons. The molecule has 1 atom stereocenters. The second-order valence-corrected chi connectivity index (χ2v) is 13.8. The predicted octanol–water partition coefficient (Wildman–Crippen LogP) is 2.72. The molecular formula is C26H27FN4O6S2. The Morgan fingerprint density at radius 2 is 1.85 bits per heavy atom. The number of fused-ring (bicyclic) bond motifs is 1. The molecule has 206 valence electrons. The van der Waals surface area contributed by atoms with Gasteiger partial charge in [0.15, 0.2) is 5.82 Å². The van der Waals surface area contributed by atoms with Gasteiger partial charge in [0.05, 0.1) is 5.25 Å². The molecule has 0 spiro atoms. The van der Waals surface area contributed by atoms with Gasteiger partial charge < -0.3 is 10.1 Å². The number of nitrogens with one attached hydrogen (secondary N) is 2. The standard InChI is InChI=1S/C26H27FN4O6S2/c27-25-22-13-19(28-20-10-11-30(14-20)38(33,34)21-8-9-21)7-6-18(22)12-23(37-16-17-4-2-1-3-5-17)26(25)31-15-24(32)29-39(31,35)36/h1-7,12-13,20-21,28H,8-11,14-16H2,(H,29,32).